The molecule has 0 aromatic carbocycles. The zero-order valence-electron chi connectivity index (χ0n) is 8.88. The van der Waals surface area contributed by atoms with Crippen LogP contribution in [0.1, 0.15) is 11.1 Å². The maximum atomic E-state index is 5.51. The molecular weight excluding hydrogens is 240 g/mol. The van der Waals surface area contributed by atoms with Crippen LogP contribution in [0.4, 0.5) is 0 Å². The standard InChI is InChI=1S/C10H12N4S2/c1-7-4-8(2-3-11)5-12-9(7)15-10-13-6-14-16-10/h4-6H,2-3,11H2,1H3. The topological polar surface area (TPSA) is 64.7 Å². The highest BCUT2D eigenvalue weighted by atomic mass is 32.2. The van der Waals surface area contributed by atoms with Crippen LogP contribution in [0.5, 0.6) is 0 Å². The van der Waals surface area contributed by atoms with Gasteiger partial charge in [0.1, 0.15) is 11.4 Å². The highest BCUT2D eigenvalue weighted by Crippen LogP contribution is 2.29. The second-order valence-electron chi connectivity index (χ2n) is 3.31. The molecule has 0 saturated carbocycles. The summed E-state index contributed by atoms with van der Waals surface area (Å²) in [6.45, 7) is 2.71. The fourth-order valence-electron chi connectivity index (χ4n) is 1.32. The Labute approximate surface area is 102 Å². The van der Waals surface area contributed by atoms with Crippen LogP contribution in [0.2, 0.25) is 0 Å². The van der Waals surface area contributed by atoms with Crippen LogP contribution in [0, 0.1) is 6.92 Å². The Hall–Kier alpha value is -0.980. The van der Waals surface area contributed by atoms with Crippen molar-refractivity contribution >= 4 is 23.3 Å². The monoisotopic (exact) mass is 252 g/mol. The molecule has 6 heteroatoms. The van der Waals surface area contributed by atoms with E-state index < -0.39 is 0 Å². The van der Waals surface area contributed by atoms with Gasteiger partial charge >= 0.3 is 0 Å². The minimum Gasteiger partial charge on any atom is -0.330 e. The van der Waals surface area contributed by atoms with Gasteiger partial charge in [0.25, 0.3) is 0 Å². The quantitative estimate of drug-likeness (QED) is 0.900. The van der Waals surface area contributed by atoms with Gasteiger partial charge in [-0.25, -0.2) is 9.97 Å². The van der Waals surface area contributed by atoms with E-state index in [4.69, 9.17) is 5.73 Å². The van der Waals surface area contributed by atoms with Crippen LogP contribution in [-0.4, -0.2) is 20.9 Å². The van der Waals surface area contributed by atoms with E-state index in [-0.39, 0.29) is 0 Å². The van der Waals surface area contributed by atoms with Gasteiger partial charge in [-0.1, -0.05) is 6.07 Å². The van der Waals surface area contributed by atoms with Crippen molar-refractivity contribution in [3.63, 3.8) is 0 Å². The Morgan fingerprint density at radius 2 is 2.31 bits per heavy atom. The molecule has 0 spiro atoms. The highest BCUT2D eigenvalue weighted by molar-refractivity contribution is 8.00. The normalized spacial score (nSPS) is 10.6. The molecule has 0 unspecified atom stereocenters. The molecule has 0 aliphatic rings. The van der Waals surface area contributed by atoms with Crippen LogP contribution >= 0.6 is 23.3 Å². The van der Waals surface area contributed by atoms with Crippen molar-refractivity contribution in [2.45, 2.75) is 22.7 Å². The van der Waals surface area contributed by atoms with Gasteiger partial charge in [0, 0.05) is 6.20 Å². The van der Waals surface area contributed by atoms with E-state index in [2.05, 4.69) is 27.3 Å². The van der Waals surface area contributed by atoms with E-state index in [1.165, 1.54) is 17.1 Å². The predicted molar refractivity (Wildman–Crippen MR) is 65.8 cm³/mol. The number of pyridine rings is 1. The molecule has 0 bridgehead atoms. The largest absolute Gasteiger partial charge is 0.330 e. The van der Waals surface area contributed by atoms with Gasteiger partial charge in [-0.15, -0.1) is 0 Å². The second-order valence-corrected chi connectivity index (χ2v) is 5.33. The Balaban J connectivity index is 2.16. The maximum Gasteiger partial charge on any atom is 0.176 e. The van der Waals surface area contributed by atoms with Crippen LogP contribution < -0.4 is 5.73 Å². The number of aromatic nitrogens is 3. The molecule has 0 atom stereocenters. The SMILES string of the molecule is Cc1cc(CCN)cnc1Sc1ncns1. The molecule has 16 heavy (non-hydrogen) atoms. The minimum atomic E-state index is 0.657. The fourth-order valence-corrected chi connectivity index (χ4v) is 2.71. The lowest BCUT2D eigenvalue weighted by Crippen LogP contribution is -2.03. The predicted octanol–water partition coefficient (Wildman–Crippen LogP) is 1.89. The van der Waals surface area contributed by atoms with Crippen molar-refractivity contribution < 1.29 is 0 Å². The summed E-state index contributed by atoms with van der Waals surface area (Å²) >= 11 is 2.93. The summed E-state index contributed by atoms with van der Waals surface area (Å²) in [6, 6.07) is 2.13. The van der Waals surface area contributed by atoms with Gasteiger partial charge in [0.2, 0.25) is 0 Å². The lowest BCUT2D eigenvalue weighted by atomic mass is 10.2. The number of nitrogens with zero attached hydrogens (tertiary/aromatic N) is 3. The Kier molecular flexibility index (Phi) is 3.87. The molecule has 4 nitrogen and oxygen atoms in total. The average Bonchev–Trinajstić information content (AvgIpc) is 2.75. The molecule has 0 amide bonds. The van der Waals surface area contributed by atoms with Gasteiger partial charge in [-0.2, -0.15) is 4.37 Å². The minimum absolute atomic E-state index is 0.657. The third-order valence-corrected chi connectivity index (χ3v) is 3.88. The molecule has 2 heterocycles. The maximum absolute atomic E-state index is 5.51. The summed E-state index contributed by atoms with van der Waals surface area (Å²) in [5, 5.41) is 0.984. The zero-order valence-corrected chi connectivity index (χ0v) is 10.5. The lowest BCUT2D eigenvalue weighted by molar-refractivity contribution is 0.935. The van der Waals surface area contributed by atoms with Crippen LogP contribution in [0.25, 0.3) is 0 Å². The summed E-state index contributed by atoms with van der Waals surface area (Å²) < 4.78 is 4.88. The van der Waals surface area contributed by atoms with E-state index >= 15 is 0 Å². The molecule has 0 fully saturated rings. The van der Waals surface area contributed by atoms with E-state index in [9.17, 15) is 0 Å². The number of aryl methyl sites for hydroxylation is 1. The summed E-state index contributed by atoms with van der Waals surface area (Å²) in [7, 11) is 0. The highest BCUT2D eigenvalue weighted by Gasteiger charge is 2.06. The Bertz CT molecular complexity index is 456. The van der Waals surface area contributed by atoms with Crippen LogP contribution in [-0.2, 0) is 6.42 Å². The van der Waals surface area contributed by atoms with E-state index in [1.807, 2.05) is 6.20 Å². The fraction of sp³-hybridized carbons (Fsp3) is 0.300. The van der Waals surface area contributed by atoms with E-state index in [0.29, 0.717) is 6.54 Å². The van der Waals surface area contributed by atoms with Gasteiger partial charge in [-0.3, -0.25) is 0 Å². The molecule has 0 radical (unpaired) electrons. The van der Waals surface area contributed by atoms with Crippen molar-refractivity contribution in [1.29, 1.82) is 0 Å². The molecule has 84 valence electrons. The molecule has 2 rings (SSSR count). The Morgan fingerprint density at radius 1 is 1.44 bits per heavy atom. The number of hydrogen-bond donors (Lipinski definition) is 1. The van der Waals surface area contributed by atoms with Gasteiger partial charge in [-0.05, 0) is 54.3 Å². The zero-order chi connectivity index (χ0) is 11.4. The lowest BCUT2D eigenvalue weighted by Gasteiger charge is -2.04. The second kappa shape index (κ2) is 5.38. The molecule has 2 aromatic heterocycles. The summed E-state index contributed by atoms with van der Waals surface area (Å²) in [4.78, 5) is 8.54. The molecule has 0 aliphatic carbocycles. The summed E-state index contributed by atoms with van der Waals surface area (Å²) in [5.74, 6) is 0. The van der Waals surface area contributed by atoms with E-state index in [1.54, 1.807) is 18.1 Å². The van der Waals surface area contributed by atoms with Gasteiger partial charge in [0.15, 0.2) is 4.34 Å². The van der Waals surface area contributed by atoms with Crippen LogP contribution in [0.3, 0.4) is 0 Å². The summed E-state index contributed by atoms with van der Waals surface area (Å²) in [6.07, 6.45) is 4.31. The first-order valence-electron chi connectivity index (χ1n) is 4.89. The first-order valence-corrected chi connectivity index (χ1v) is 6.48. The van der Waals surface area contributed by atoms with Crippen molar-refractivity contribution in [2.24, 2.45) is 5.73 Å². The van der Waals surface area contributed by atoms with Crippen LogP contribution in [0.15, 0.2) is 28.0 Å². The number of nitrogens with two attached hydrogens (primary N) is 1. The molecule has 2 aromatic rings. The summed E-state index contributed by atoms with van der Waals surface area (Å²) in [5.41, 5.74) is 7.85. The third kappa shape index (κ3) is 2.78. The van der Waals surface area contributed by atoms with E-state index in [0.717, 1.165) is 21.3 Å². The van der Waals surface area contributed by atoms with Gasteiger partial charge in [0.05, 0.1) is 0 Å². The third-order valence-electron chi connectivity index (χ3n) is 2.04. The first-order chi connectivity index (χ1) is 7.79. The Morgan fingerprint density at radius 3 is 2.94 bits per heavy atom. The average molecular weight is 252 g/mol. The van der Waals surface area contributed by atoms with Gasteiger partial charge < -0.3 is 5.73 Å². The molecule has 0 aliphatic heterocycles. The van der Waals surface area contributed by atoms with Crippen molar-refractivity contribution in [1.82, 2.24) is 14.3 Å². The first kappa shape index (κ1) is 11.5. The molecular formula is C10H12N4S2. The number of hydrogen-bond acceptors (Lipinski definition) is 6. The number of rotatable bonds is 4. The smallest absolute Gasteiger partial charge is 0.176 e. The molecule has 0 saturated heterocycles. The van der Waals surface area contributed by atoms with Crippen molar-refractivity contribution in [3.05, 3.63) is 29.7 Å². The van der Waals surface area contributed by atoms with Crippen molar-refractivity contribution in [2.75, 3.05) is 6.54 Å². The van der Waals surface area contributed by atoms with Crippen molar-refractivity contribution in [3.8, 4) is 0 Å². The molecule has 2 N–H and O–H groups in total.